The van der Waals surface area contributed by atoms with E-state index in [-0.39, 0.29) is 12.4 Å². The number of ether oxygens (including phenoxy) is 1. The van der Waals surface area contributed by atoms with Gasteiger partial charge in [0.25, 0.3) is 0 Å². The highest BCUT2D eigenvalue weighted by atomic mass is 19.4. The van der Waals surface area contributed by atoms with Crippen LogP contribution in [0.2, 0.25) is 0 Å². The Bertz CT molecular complexity index is 1180. The lowest BCUT2D eigenvalue weighted by atomic mass is 10.2. The number of nitrogens with zero attached hydrogens (tertiary/aromatic N) is 4. The molecule has 0 saturated carbocycles. The van der Waals surface area contributed by atoms with Crippen molar-refractivity contribution in [2.45, 2.75) is 26.6 Å². The van der Waals surface area contributed by atoms with E-state index in [4.69, 9.17) is 9.57 Å². The second-order valence-electron chi connectivity index (χ2n) is 7.82. The normalized spacial score (nSPS) is 12.8. The van der Waals surface area contributed by atoms with E-state index in [0.717, 1.165) is 40.3 Å². The van der Waals surface area contributed by atoms with E-state index < -0.39 is 11.7 Å². The van der Waals surface area contributed by atoms with Crippen molar-refractivity contribution in [1.29, 1.82) is 0 Å². The Morgan fingerprint density at radius 3 is 2.52 bits per heavy atom. The molecule has 176 valence electrons. The van der Waals surface area contributed by atoms with Gasteiger partial charge in [-0.2, -0.15) is 13.2 Å². The highest BCUT2D eigenvalue weighted by Crippen LogP contribution is 2.31. The Morgan fingerprint density at radius 2 is 1.85 bits per heavy atom. The predicted molar refractivity (Wildman–Crippen MR) is 125 cm³/mol. The van der Waals surface area contributed by atoms with Gasteiger partial charge in [0.15, 0.2) is 0 Å². The summed E-state index contributed by atoms with van der Waals surface area (Å²) in [5, 5.41) is 5.05. The summed E-state index contributed by atoms with van der Waals surface area (Å²) in [5.41, 5.74) is 2.60. The number of benzene rings is 2. The Kier molecular flexibility index (Phi) is 7.30. The van der Waals surface area contributed by atoms with Crippen LogP contribution in [0.4, 0.5) is 18.9 Å². The van der Waals surface area contributed by atoms with Crippen LogP contribution in [0.3, 0.4) is 0 Å². The zero-order chi connectivity index (χ0) is 24.2. The lowest BCUT2D eigenvalue weighted by Gasteiger charge is -2.13. The van der Waals surface area contributed by atoms with Crippen molar-refractivity contribution in [2.24, 2.45) is 10.1 Å². The van der Waals surface area contributed by atoms with Crippen molar-refractivity contribution in [3.05, 3.63) is 59.8 Å². The van der Waals surface area contributed by atoms with Crippen LogP contribution in [0.15, 0.2) is 58.7 Å². The van der Waals surface area contributed by atoms with Crippen molar-refractivity contribution in [3.63, 3.8) is 0 Å². The summed E-state index contributed by atoms with van der Waals surface area (Å²) in [6.45, 7) is 4.27. The summed E-state index contributed by atoms with van der Waals surface area (Å²) in [4.78, 5) is 11.5. The lowest BCUT2D eigenvalue weighted by Crippen LogP contribution is -2.19. The van der Waals surface area contributed by atoms with Crippen LogP contribution >= 0.6 is 0 Å². The van der Waals surface area contributed by atoms with Gasteiger partial charge in [0.05, 0.1) is 17.8 Å². The van der Waals surface area contributed by atoms with Crippen molar-refractivity contribution in [1.82, 2.24) is 9.47 Å². The first kappa shape index (κ1) is 24.2. The molecule has 0 atom stereocenters. The summed E-state index contributed by atoms with van der Waals surface area (Å²) in [5.74, 6) is 1.01. The number of aromatic nitrogens is 1. The quantitative estimate of drug-likeness (QED) is 0.260. The highest BCUT2D eigenvalue weighted by Gasteiger charge is 2.30. The molecule has 0 fully saturated rings. The summed E-state index contributed by atoms with van der Waals surface area (Å²) in [7, 11) is 5.30. The van der Waals surface area contributed by atoms with Crippen molar-refractivity contribution >= 4 is 28.1 Å². The minimum atomic E-state index is -4.43. The molecule has 0 radical (unpaired) electrons. The van der Waals surface area contributed by atoms with Crippen molar-refractivity contribution < 1.29 is 22.7 Å². The van der Waals surface area contributed by atoms with E-state index in [2.05, 4.69) is 20.8 Å². The lowest BCUT2D eigenvalue weighted by molar-refractivity contribution is -0.137. The second kappa shape index (κ2) is 9.97. The largest absolute Gasteiger partial charge is 0.487 e. The number of rotatable bonds is 7. The number of aliphatic imine (C=N–C) groups is 1. The molecule has 3 aromatic rings. The van der Waals surface area contributed by atoms with Gasteiger partial charge in [0, 0.05) is 30.7 Å². The van der Waals surface area contributed by atoms with Crippen molar-refractivity contribution in [2.75, 3.05) is 27.8 Å². The number of aryl methyl sites for hydroxylation is 1. The Labute approximate surface area is 190 Å². The summed E-state index contributed by atoms with van der Waals surface area (Å²) in [6.07, 6.45) is -4.43. The standard InChI is InChI=1S/C24H27F3N4O2/c1-16-11-18-12-20(28-17(2)30(3)4)9-10-23(18)31(16)14-21(29-32-5)15-33-22-8-6-7-19(13-22)24(25,26)27/h6-13H,14-15H2,1-5H3/b28-17?,29-21-. The molecule has 0 aliphatic heterocycles. The van der Waals surface area contributed by atoms with Gasteiger partial charge >= 0.3 is 6.18 Å². The maximum Gasteiger partial charge on any atom is 0.416 e. The molecule has 0 unspecified atom stereocenters. The molecule has 0 saturated heterocycles. The van der Waals surface area contributed by atoms with Gasteiger partial charge in [-0.1, -0.05) is 11.2 Å². The van der Waals surface area contributed by atoms with Crippen LogP contribution in [0.25, 0.3) is 10.9 Å². The van der Waals surface area contributed by atoms with E-state index in [9.17, 15) is 13.2 Å². The zero-order valence-corrected chi connectivity index (χ0v) is 19.3. The minimum Gasteiger partial charge on any atom is -0.487 e. The Hall–Kier alpha value is -3.49. The van der Waals surface area contributed by atoms with Crippen LogP contribution in [0, 0.1) is 6.92 Å². The van der Waals surface area contributed by atoms with E-state index in [1.54, 1.807) is 0 Å². The molecule has 6 nitrogen and oxygen atoms in total. The number of halogens is 3. The predicted octanol–water partition coefficient (Wildman–Crippen LogP) is 5.66. The van der Waals surface area contributed by atoms with Gasteiger partial charge in [-0.25, -0.2) is 4.99 Å². The van der Waals surface area contributed by atoms with Gasteiger partial charge in [-0.05, 0) is 56.3 Å². The fraction of sp³-hybridized carbons (Fsp3) is 0.333. The molecule has 3 rings (SSSR count). The molecule has 9 heteroatoms. The number of fused-ring (bicyclic) bond motifs is 1. The Morgan fingerprint density at radius 1 is 1.09 bits per heavy atom. The number of alkyl halides is 3. The molecule has 0 bridgehead atoms. The van der Waals surface area contributed by atoms with Crippen molar-refractivity contribution in [3.8, 4) is 5.75 Å². The van der Waals surface area contributed by atoms with E-state index in [0.29, 0.717) is 12.3 Å². The molecule has 33 heavy (non-hydrogen) atoms. The number of oxime groups is 1. The van der Waals surface area contributed by atoms with E-state index >= 15 is 0 Å². The van der Waals surface area contributed by atoms with Gasteiger partial charge in [0.2, 0.25) is 0 Å². The van der Waals surface area contributed by atoms with Crippen LogP contribution in [-0.4, -0.2) is 48.8 Å². The number of amidine groups is 1. The summed E-state index contributed by atoms with van der Waals surface area (Å²) in [6, 6.07) is 12.8. The molecule has 0 N–H and O–H groups in total. The molecule has 0 amide bonds. The molecule has 0 aliphatic rings. The van der Waals surface area contributed by atoms with Crippen LogP contribution in [-0.2, 0) is 17.6 Å². The van der Waals surface area contributed by atoms with E-state index in [1.165, 1.54) is 19.2 Å². The third kappa shape index (κ3) is 6.06. The average molecular weight is 461 g/mol. The molecule has 1 aromatic heterocycles. The fourth-order valence-electron chi connectivity index (χ4n) is 3.30. The van der Waals surface area contributed by atoms with Crippen LogP contribution < -0.4 is 4.74 Å². The van der Waals surface area contributed by atoms with E-state index in [1.807, 2.05) is 51.0 Å². The third-order valence-corrected chi connectivity index (χ3v) is 5.16. The monoisotopic (exact) mass is 460 g/mol. The van der Waals surface area contributed by atoms with Gasteiger partial charge in [-0.3, -0.25) is 0 Å². The zero-order valence-electron chi connectivity index (χ0n) is 19.3. The Balaban J connectivity index is 1.81. The fourth-order valence-corrected chi connectivity index (χ4v) is 3.30. The average Bonchev–Trinajstić information content (AvgIpc) is 3.06. The topological polar surface area (TPSA) is 51.4 Å². The maximum absolute atomic E-state index is 13.0. The van der Waals surface area contributed by atoms with Gasteiger partial charge in [-0.15, -0.1) is 0 Å². The molecular weight excluding hydrogens is 433 g/mol. The first-order valence-corrected chi connectivity index (χ1v) is 10.3. The maximum atomic E-state index is 13.0. The molecule has 2 aromatic carbocycles. The summed E-state index contributed by atoms with van der Waals surface area (Å²) < 4.78 is 46.5. The highest BCUT2D eigenvalue weighted by molar-refractivity contribution is 5.90. The van der Waals surface area contributed by atoms with Crippen LogP contribution in [0.5, 0.6) is 5.75 Å². The van der Waals surface area contributed by atoms with Gasteiger partial charge in [0.1, 0.15) is 31.0 Å². The first-order valence-electron chi connectivity index (χ1n) is 10.3. The molecular formula is C24H27F3N4O2. The number of hydrogen-bond donors (Lipinski definition) is 0. The number of hydrogen-bond acceptors (Lipinski definition) is 4. The molecule has 0 aliphatic carbocycles. The first-order chi connectivity index (χ1) is 15.6. The van der Waals surface area contributed by atoms with Crippen LogP contribution in [0.1, 0.15) is 18.2 Å². The van der Waals surface area contributed by atoms with Gasteiger partial charge < -0.3 is 19.0 Å². The second-order valence-corrected chi connectivity index (χ2v) is 7.82. The molecule has 0 spiro atoms. The summed E-state index contributed by atoms with van der Waals surface area (Å²) >= 11 is 0. The third-order valence-electron chi connectivity index (χ3n) is 5.16. The molecule has 1 heterocycles. The minimum absolute atomic E-state index is 0.0152. The SMILES string of the molecule is CO/N=C(\COc1cccc(C(F)(F)F)c1)Cn1c(C)cc2cc(N=C(C)N(C)C)ccc21. The smallest absolute Gasteiger partial charge is 0.416 e.